The lowest BCUT2D eigenvalue weighted by molar-refractivity contribution is -0.146. The van der Waals surface area contributed by atoms with Gasteiger partial charge in [0, 0.05) is 13.2 Å². The highest BCUT2D eigenvalue weighted by Crippen LogP contribution is 2.08. The molecule has 0 aliphatic heterocycles. The maximum atomic E-state index is 11.7. The third-order valence-electron chi connectivity index (χ3n) is 1.84. The molecular weight excluding hydrogens is 238 g/mol. The number of sulfonamides is 1. The first kappa shape index (κ1) is 15.3. The zero-order valence-corrected chi connectivity index (χ0v) is 10.4. The number of esters is 1. The van der Waals surface area contributed by atoms with Gasteiger partial charge in [0.1, 0.15) is 6.73 Å². The van der Waals surface area contributed by atoms with Gasteiger partial charge in [-0.15, -0.1) is 0 Å². The van der Waals surface area contributed by atoms with Gasteiger partial charge in [-0.1, -0.05) is 6.92 Å². The molecule has 1 unspecified atom stereocenters. The van der Waals surface area contributed by atoms with Crippen LogP contribution in [0.3, 0.4) is 0 Å². The second-order valence-corrected chi connectivity index (χ2v) is 4.80. The highest BCUT2D eigenvalue weighted by atomic mass is 32.2. The van der Waals surface area contributed by atoms with Gasteiger partial charge in [0.2, 0.25) is 0 Å². The van der Waals surface area contributed by atoms with Crippen molar-refractivity contribution >= 4 is 16.0 Å². The first-order valence-electron chi connectivity index (χ1n) is 4.74. The number of ether oxygens (including phenoxy) is 2. The second-order valence-electron chi connectivity index (χ2n) is 2.81. The van der Waals surface area contributed by atoms with Crippen molar-refractivity contribution in [2.24, 2.45) is 0 Å². The summed E-state index contributed by atoms with van der Waals surface area (Å²) >= 11 is 0. The molecule has 16 heavy (non-hydrogen) atoms. The molecule has 0 aromatic carbocycles. The van der Waals surface area contributed by atoms with Crippen LogP contribution in [0.1, 0.15) is 13.8 Å². The lowest BCUT2D eigenvalue weighted by atomic mass is 10.7. The first-order valence-corrected chi connectivity index (χ1v) is 6.24. The number of rotatable bonds is 7. The highest BCUT2D eigenvalue weighted by molar-refractivity contribution is 7.90. The van der Waals surface area contributed by atoms with Crippen LogP contribution in [0, 0.1) is 0 Å². The number of aliphatic hydroxyl groups is 1. The summed E-state index contributed by atoms with van der Waals surface area (Å²) in [4.78, 5) is 10.9. The SMILES string of the molecule is CCOCN(CC)S(=O)(=O)C(O)C(=O)OC. The van der Waals surface area contributed by atoms with E-state index in [1.807, 2.05) is 0 Å². The van der Waals surface area contributed by atoms with E-state index in [-0.39, 0.29) is 13.3 Å². The molecule has 7 nitrogen and oxygen atoms in total. The molecule has 0 saturated carbocycles. The molecule has 8 heteroatoms. The van der Waals surface area contributed by atoms with Gasteiger partial charge in [0.15, 0.2) is 0 Å². The minimum Gasteiger partial charge on any atom is -0.466 e. The predicted octanol–water partition coefficient (Wildman–Crippen LogP) is -0.876. The number of carbonyl (C=O) groups is 1. The topological polar surface area (TPSA) is 93.1 Å². The summed E-state index contributed by atoms with van der Waals surface area (Å²) in [5, 5.41) is 9.29. The van der Waals surface area contributed by atoms with Crippen molar-refractivity contribution in [3.05, 3.63) is 0 Å². The largest absolute Gasteiger partial charge is 0.466 e. The third-order valence-corrected chi connectivity index (χ3v) is 3.68. The third kappa shape index (κ3) is 3.71. The lowest BCUT2D eigenvalue weighted by Gasteiger charge is -2.21. The molecule has 1 atom stereocenters. The minimum atomic E-state index is -4.15. The smallest absolute Gasteiger partial charge is 0.352 e. The van der Waals surface area contributed by atoms with Crippen LogP contribution in [-0.2, 0) is 24.3 Å². The van der Waals surface area contributed by atoms with E-state index >= 15 is 0 Å². The summed E-state index contributed by atoms with van der Waals surface area (Å²) in [7, 11) is -3.15. The van der Waals surface area contributed by atoms with Crippen LogP contribution in [0.25, 0.3) is 0 Å². The Balaban J connectivity index is 4.79. The van der Waals surface area contributed by atoms with Crippen molar-refractivity contribution in [1.82, 2.24) is 4.31 Å². The molecule has 0 aromatic rings. The van der Waals surface area contributed by atoms with Crippen LogP contribution < -0.4 is 0 Å². The molecule has 0 aliphatic carbocycles. The average Bonchev–Trinajstić information content (AvgIpc) is 2.27. The summed E-state index contributed by atoms with van der Waals surface area (Å²) in [6.07, 6.45) is 0. The monoisotopic (exact) mass is 255 g/mol. The van der Waals surface area contributed by atoms with E-state index in [0.717, 1.165) is 11.4 Å². The maximum Gasteiger partial charge on any atom is 0.352 e. The van der Waals surface area contributed by atoms with Gasteiger partial charge >= 0.3 is 5.97 Å². The zero-order valence-electron chi connectivity index (χ0n) is 9.54. The van der Waals surface area contributed by atoms with Gasteiger partial charge in [-0.2, -0.15) is 4.31 Å². The fourth-order valence-electron chi connectivity index (χ4n) is 0.901. The molecule has 0 aliphatic rings. The van der Waals surface area contributed by atoms with Crippen molar-refractivity contribution in [1.29, 1.82) is 0 Å². The molecule has 0 amide bonds. The van der Waals surface area contributed by atoms with E-state index in [0.29, 0.717) is 6.61 Å². The van der Waals surface area contributed by atoms with Gasteiger partial charge in [-0.25, -0.2) is 13.2 Å². The first-order chi connectivity index (χ1) is 7.41. The molecule has 96 valence electrons. The van der Waals surface area contributed by atoms with Crippen LogP contribution in [-0.4, -0.2) is 56.2 Å². The molecule has 0 spiro atoms. The number of hydrogen-bond acceptors (Lipinski definition) is 6. The van der Waals surface area contributed by atoms with E-state index in [9.17, 15) is 18.3 Å². The normalized spacial score (nSPS) is 13.8. The summed E-state index contributed by atoms with van der Waals surface area (Å²) in [6.45, 7) is 3.50. The van der Waals surface area contributed by atoms with Crippen LogP contribution in [0.4, 0.5) is 0 Å². The molecule has 0 saturated heterocycles. The maximum absolute atomic E-state index is 11.7. The average molecular weight is 255 g/mol. The van der Waals surface area contributed by atoms with Gasteiger partial charge in [0.25, 0.3) is 15.5 Å². The van der Waals surface area contributed by atoms with Gasteiger partial charge in [0.05, 0.1) is 7.11 Å². The standard InChI is InChI=1S/C8H17NO6S/c1-4-9(6-15-5-2)16(12,13)8(11)7(10)14-3/h8,11H,4-6H2,1-3H3. The Morgan fingerprint density at radius 2 is 2.00 bits per heavy atom. The highest BCUT2D eigenvalue weighted by Gasteiger charge is 2.36. The molecule has 0 heterocycles. The fourth-order valence-corrected chi connectivity index (χ4v) is 2.10. The lowest BCUT2D eigenvalue weighted by Crippen LogP contribution is -2.44. The molecule has 0 aromatic heterocycles. The molecule has 1 N–H and O–H groups in total. The number of methoxy groups -OCH3 is 1. The Bertz CT molecular complexity index is 314. The number of aliphatic hydroxyl groups excluding tert-OH is 1. The van der Waals surface area contributed by atoms with Crippen molar-refractivity contribution in [2.75, 3.05) is 27.0 Å². The summed E-state index contributed by atoms with van der Waals surface area (Å²) in [6, 6.07) is 0. The van der Waals surface area contributed by atoms with Crippen molar-refractivity contribution in [2.45, 2.75) is 19.3 Å². The molecular formula is C8H17NO6S. The Morgan fingerprint density at radius 1 is 1.44 bits per heavy atom. The Labute approximate surface area is 95.0 Å². The number of carbonyl (C=O) groups excluding carboxylic acids is 1. The minimum absolute atomic E-state index is 0.0936. The summed E-state index contributed by atoms with van der Waals surface area (Å²) in [5.74, 6) is -1.21. The van der Waals surface area contributed by atoms with Crippen LogP contribution in [0.2, 0.25) is 0 Å². The quantitative estimate of drug-likeness (QED) is 0.469. The van der Waals surface area contributed by atoms with E-state index in [1.54, 1.807) is 13.8 Å². The predicted molar refractivity (Wildman–Crippen MR) is 55.8 cm³/mol. The summed E-state index contributed by atoms with van der Waals surface area (Å²) < 4.78 is 33.3. The molecule has 0 rings (SSSR count). The van der Waals surface area contributed by atoms with E-state index in [1.165, 1.54) is 0 Å². The van der Waals surface area contributed by atoms with Crippen molar-refractivity contribution in [3.8, 4) is 0 Å². The van der Waals surface area contributed by atoms with Crippen molar-refractivity contribution in [3.63, 3.8) is 0 Å². The molecule has 0 radical (unpaired) electrons. The van der Waals surface area contributed by atoms with Crippen molar-refractivity contribution < 1.29 is 27.8 Å². The van der Waals surface area contributed by atoms with Gasteiger partial charge in [-0.3, -0.25) is 0 Å². The van der Waals surface area contributed by atoms with E-state index in [2.05, 4.69) is 4.74 Å². The Kier molecular flexibility index (Phi) is 6.49. The fraction of sp³-hybridized carbons (Fsp3) is 0.875. The van der Waals surface area contributed by atoms with Gasteiger partial charge < -0.3 is 14.6 Å². The number of hydrogen-bond donors (Lipinski definition) is 1. The molecule has 0 bridgehead atoms. The number of nitrogens with zero attached hydrogens (tertiary/aromatic N) is 1. The van der Waals surface area contributed by atoms with Crippen LogP contribution in [0.5, 0.6) is 0 Å². The Hall–Kier alpha value is -0.700. The molecule has 0 fully saturated rings. The summed E-state index contributed by atoms with van der Waals surface area (Å²) in [5.41, 5.74) is -2.21. The second kappa shape index (κ2) is 6.79. The van der Waals surface area contributed by atoms with Crippen LogP contribution >= 0.6 is 0 Å². The Morgan fingerprint density at radius 3 is 2.38 bits per heavy atom. The zero-order chi connectivity index (χ0) is 12.8. The van der Waals surface area contributed by atoms with E-state index in [4.69, 9.17) is 4.74 Å². The van der Waals surface area contributed by atoms with Crippen LogP contribution in [0.15, 0.2) is 0 Å². The van der Waals surface area contributed by atoms with E-state index < -0.39 is 21.4 Å². The van der Waals surface area contributed by atoms with Gasteiger partial charge in [-0.05, 0) is 6.92 Å².